The van der Waals surface area contributed by atoms with Crippen molar-refractivity contribution in [3.63, 3.8) is 0 Å². The van der Waals surface area contributed by atoms with Gasteiger partial charge in [-0.2, -0.15) is 0 Å². The summed E-state index contributed by atoms with van der Waals surface area (Å²) >= 11 is 3.77. The van der Waals surface area contributed by atoms with Crippen molar-refractivity contribution < 1.29 is 0 Å². The van der Waals surface area contributed by atoms with E-state index in [-0.39, 0.29) is 10.8 Å². The number of nitrogens with zero attached hydrogens (tertiary/aromatic N) is 4. The fraction of sp³-hybridized carbons (Fsp3) is 0.471. The molecule has 0 amide bonds. The maximum absolute atomic E-state index is 4.79. The standard InChI is InChI=1S/C34H44N6S2/c1-33(2)22-39(27-9-6-14-37-31(27)33)25(29-11-8-18-41-29)13-17-36-20-24-19-30(42-21-24)26(12-16-35-5)40-23-34(3,4)32-28(40)10-7-15-38-32/h6-11,14-15,18-19,21,25-26,35-36H,12-13,16-17,20,22-23H2,1-5H3/t25-,26+/m1/s1. The average molecular weight is 601 g/mol. The van der Waals surface area contributed by atoms with Gasteiger partial charge >= 0.3 is 0 Å². The lowest BCUT2D eigenvalue weighted by Crippen LogP contribution is -2.33. The maximum atomic E-state index is 4.79. The number of aromatic nitrogens is 2. The molecule has 42 heavy (non-hydrogen) atoms. The van der Waals surface area contributed by atoms with E-state index in [9.17, 15) is 0 Å². The predicted octanol–water partition coefficient (Wildman–Crippen LogP) is 7.07. The predicted molar refractivity (Wildman–Crippen MR) is 178 cm³/mol. The van der Waals surface area contributed by atoms with E-state index in [4.69, 9.17) is 9.97 Å². The minimum atomic E-state index is 0.0520. The van der Waals surface area contributed by atoms with Gasteiger partial charge in [-0.1, -0.05) is 33.8 Å². The summed E-state index contributed by atoms with van der Waals surface area (Å²) in [5.74, 6) is 0. The SMILES string of the molecule is CNCC[C@@H](c1cc(CNCC[C@H](c2cccs2)N2CC(C)(C)c3ncccc32)cs1)N1CC(C)(C)c2ncccc21. The van der Waals surface area contributed by atoms with Gasteiger partial charge in [-0.15, -0.1) is 22.7 Å². The Morgan fingerprint density at radius 1 is 0.810 bits per heavy atom. The summed E-state index contributed by atoms with van der Waals surface area (Å²) in [6, 6.07) is 16.2. The second-order valence-corrected chi connectivity index (χ2v) is 14.9. The van der Waals surface area contributed by atoms with Crippen LogP contribution in [0.1, 0.15) is 79.3 Å². The molecule has 0 unspecified atom stereocenters. The summed E-state index contributed by atoms with van der Waals surface area (Å²) in [5.41, 5.74) is 6.50. The van der Waals surface area contributed by atoms with Crippen LogP contribution in [0.25, 0.3) is 0 Å². The highest BCUT2D eigenvalue weighted by molar-refractivity contribution is 7.10. The Hall–Kier alpha value is -2.78. The van der Waals surface area contributed by atoms with Crippen molar-refractivity contribution in [1.29, 1.82) is 0 Å². The van der Waals surface area contributed by atoms with E-state index in [0.717, 1.165) is 45.6 Å². The number of hydrogen-bond donors (Lipinski definition) is 2. The highest BCUT2D eigenvalue weighted by Gasteiger charge is 2.41. The van der Waals surface area contributed by atoms with E-state index in [1.54, 1.807) is 0 Å². The van der Waals surface area contributed by atoms with E-state index < -0.39 is 0 Å². The van der Waals surface area contributed by atoms with Crippen LogP contribution in [-0.2, 0) is 17.4 Å². The Morgan fingerprint density at radius 3 is 2.02 bits per heavy atom. The largest absolute Gasteiger partial charge is 0.361 e. The van der Waals surface area contributed by atoms with Crippen molar-refractivity contribution in [2.75, 3.05) is 43.0 Å². The van der Waals surface area contributed by atoms with Crippen molar-refractivity contribution in [1.82, 2.24) is 20.6 Å². The van der Waals surface area contributed by atoms with Crippen LogP contribution in [0.15, 0.2) is 65.6 Å². The summed E-state index contributed by atoms with van der Waals surface area (Å²) in [6.07, 6.45) is 5.99. The highest BCUT2D eigenvalue weighted by Crippen LogP contribution is 2.46. The molecule has 4 aromatic rings. The summed E-state index contributed by atoms with van der Waals surface area (Å²) in [4.78, 5) is 17.6. The summed E-state index contributed by atoms with van der Waals surface area (Å²) in [7, 11) is 2.05. The third-order valence-corrected chi connectivity index (χ3v) is 10.9. The molecular formula is C34H44N6S2. The Balaban J connectivity index is 1.13. The van der Waals surface area contributed by atoms with Gasteiger partial charge in [0.2, 0.25) is 0 Å². The normalized spacial score (nSPS) is 18.2. The number of fused-ring (bicyclic) bond motifs is 2. The lowest BCUT2D eigenvalue weighted by molar-refractivity contribution is 0.488. The number of pyridine rings is 2. The van der Waals surface area contributed by atoms with Crippen LogP contribution in [0, 0.1) is 0 Å². The third kappa shape index (κ3) is 5.74. The van der Waals surface area contributed by atoms with Crippen molar-refractivity contribution >= 4 is 34.0 Å². The molecular weight excluding hydrogens is 557 g/mol. The van der Waals surface area contributed by atoms with Crippen molar-refractivity contribution in [2.24, 2.45) is 0 Å². The number of hydrogen-bond acceptors (Lipinski definition) is 8. The van der Waals surface area contributed by atoms with Gasteiger partial charge in [0.15, 0.2) is 0 Å². The molecule has 6 heterocycles. The quantitative estimate of drug-likeness (QED) is 0.170. The molecule has 8 heteroatoms. The fourth-order valence-electron chi connectivity index (χ4n) is 6.83. The van der Waals surface area contributed by atoms with Gasteiger partial charge in [0, 0.05) is 52.6 Å². The first-order chi connectivity index (χ1) is 20.3. The minimum Gasteiger partial charge on any atom is -0.361 e. The number of thiophene rings is 2. The van der Waals surface area contributed by atoms with Crippen LogP contribution in [0.3, 0.4) is 0 Å². The molecule has 0 bridgehead atoms. The molecule has 2 N–H and O–H groups in total. The first kappa shape index (κ1) is 29.3. The van der Waals surface area contributed by atoms with Gasteiger partial charge in [0.25, 0.3) is 0 Å². The van der Waals surface area contributed by atoms with Gasteiger partial charge in [-0.3, -0.25) is 9.97 Å². The molecule has 2 atom stereocenters. The monoisotopic (exact) mass is 600 g/mol. The third-order valence-electron chi connectivity index (χ3n) is 8.82. The van der Waals surface area contributed by atoms with Gasteiger partial charge in [-0.25, -0.2) is 0 Å². The molecule has 2 aliphatic rings. The lowest BCUT2D eigenvalue weighted by atomic mass is 9.91. The highest BCUT2D eigenvalue weighted by atomic mass is 32.1. The van der Waals surface area contributed by atoms with E-state index >= 15 is 0 Å². The van der Waals surface area contributed by atoms with Crippen molar-refractivity contribution in [3.05, 3.63) is 92.3 Å². The molecule has 0 aromatic carbocycles. The molecule has 0 aliphatic carbocycles. The molecule has 4 aromatic heterocycles. The van der Waals surface area contributed by atoms with Crippen LogP contribution >= 0.6 is 22.7 Å². The minimum absolute atomic E-state index is 0.0520. The second kappa shape index (κ2) is 12.1. The Labute approximate surface area is 259 Å². The smallest absolute Gasteiger partial charge is 0.0710 e. The fourth-order valence-corrected chi connectivity index (χ4v) is 8.76. The van der Waals surface area contributed by atoms with Crippen LogP contribution < -0.4 is 20.4 Å². The topological polar surface area (TPSA) is 56.3 Å². The van der Waals surface area contributed by atoms with E-state index in [0.29, 0.717) is 12.1 Å². The molecule has 0 spiro atoms. The first-order valence-corrected chi connectivity index (χ1v) is 16.9. The zero-order valence-electron chi connectivity index (χ0n) is 25.6. The Kier molecular flexibility index (Phi) is 8.42. The molecule has 0 saturated heterocycles. The summed E-state index contributed by atoms with van der Waals surface area (Å²) in [5, 5.41) is 11.7. The van der Waals surface area contributed by atoms with E-state index in [2.05, 4.69) is 101 Å². The molecule has 2 aliphatic heterocycles. The molecule has 6 rings (SSSR count). The van der Waals surface area contributed by atoms with Crippen LogP contribution in [0.2, 0.25) is 0 Å². The second-order valence-electron chi connectivity index (χ2n) is 13.0. The Bertz CT molecular complexity index is 1480. The van der Waals surface area contributed by atoms with Gasteiger partial charge < -0.3 is 20.4 Å². The molecule has 0 radical (unpaired) electrons. The summed E-state index contributed by atoms with van der Waals surface area (Å²) in [6.45, 7) is 14.1. The number of rotatable bonds is 12. The molecule has 6 nitrogen and oxygen atoms in total. The van der Waals surface area contributed by atoms with E-state index in [1.165, 1.54) is 38.1 Å². The molecule has 222 valence electrons. The zero-order chi connectivity index (χ0) is 29.3. The van der Waals surface area contributed by atoms with Gasteiger partial charge in [0.05, 0.1) is 34.8 Å². The first-order valence-electron chi connectivity index (χ1n) is 15.2. The maximum Gasteiger partial charge on any atom is 0.0710 e. The number of nitrogens with one attached hydrogen (secondary N) is 2. The summed E-state index contributed by atoms with van der Waals surface area (Å²) < 4.78 is 0. The Morgan fingerprint density at radius 2 is 1.43 bits per heavy atom. The lowest BCUT2D eigenvalue weighted by Gasteiger charge is -2.31. The molecule has 0 saturated carbocycles. The van der Waals surface area contributed by atoms with Gasteiger partial charge in [0.1, 0.15) is 0 Å². The van der Waals surface area contributed by atoms with Gasteiger partial charge in [-0.05, 0) is 85.7 Å². The van der Waals surface area contributed by atoms with Crippen LogP contribution in [-0.4, -0.2) is 43.2 Å². The van der Waals surface area contributed by atoms with Crippen LogP contribution in [0.4, 0.5) is 11.4 Å². The van der Waals surface area contributed by atoms with Crippen molar-refractivity contribution in [3.8, 4) is 0 Å². The van der Waals surface area contributed by atoms with Crippen LogP contribution in [0.5, 0.6) is 0 Å². The van der Waals surface area contributed by atoms with Crippen molar-refractivity contribution in [2.45, 2.75) is 70.0 Å². The molecule has 0 fully saturated rings. The number of anilines is 2. The average Bonchev–Trinajstić information content (AvgIpc) is 3.77. The zero-order valence-corrected chi connectivity index (χ0v) is 27.2. The van der Waals surface area contributed by atoms with E-state index in [1.807, 2.05) is 42.1 Å².